The minimum atomic E-state index is -0.379. The molecular formula is C19H23N3O2. The first-order chi connectivity index (χ1) is 11.6. The number of unbranched alkanes of at least 4 members (excludes halogenated alkanes) is 1. The van der Waals surface area contributed by atoms with Gasteiger partial charge >= 0.3 is 0 Å². The molecule has 1 fully saturated rings. The van der Waals surface area contributed by atoms with Crippen LogP contribution in [0.1, 0.15) is 36.5 Å². The van der Waals surface area contributed by atoms with Crippen LogP contribution in [0.2, 0.25) is 0 Å². The number of hydrogen-bond donors (Lipinski definition) is 2. The molecule has 1 atom stereocenters. The highest BCUT2D eigenvalue weighted by Crippen LogP contribution is 2.24. The molecule has 2 aromatic rings. The van der Waals surface area contributed by atoms with Crippen molar-refractivity contribution < 1.29 is 9.59 Å². The third-order valence-corrected chi connectivity index (χ3v) is 4.56. The van der Waals surface area contributed by atoms with Crippen molar-refractivity contribution in [3.8, 4) is 0 Å². The topological polar surface area (TPSA) is 75.4 Å². The molecule has 2 amide bonds. The second-order valence-corrected chi connectivity index (χ2v) is 6.23. The Balaban J connectivity index is 1.96. The Labute approximate surface area is 141 Å². The summed E-state index contributed by atoms with van der Waals surface area (Å²) in [7, 11) is 0. The number of amides is 2. The number of nitrogen functional groups attached to an aromatic ring is 1. The molecule has 0 radical (unpaired) electrons. The average Bonchev–Trinajstić information content (AvgIpc) is 2.59. The van der Waals surface area contributed by atoms with Gasteiger partial charge in [-0.25, -0.2) is 0 Å². The predicted molar refractivity (Wildman–Crippen MR) is 95.7 cm³/mol. The summed E-state index contributed by atoms with van der Waals surface area (Å²) in [6, 6.07) is 10.8. The Morgan fingerprint density at radius 1 is 1.33 bits per heavy atom. The number of fused-ring (bicyclic) bond motifs is 1. The minimum Gasteiger partial charge on any atom is -0.399 e. The Morgan fingerprint density at radius 3 is 2.96 bits per heavy atom. The number of hydrogen-bond acceptors (Lipinski definition) is 3. The lowest BCUT2D eigenvalue weighted by Crippen LogP contribution is -2.57. The van der Waals surface area contributed by atoms with E-state index in [0.29, 0.717) is 30.8 Å². The first kappa shape index (κ1) is 16.3. The van der Waals surface area contributed by atoms with E-state index in [1.807, 2.05) is 30.3 Å². The maximum atomic E-state index is 13.1. The van der Waals surface area contributed by atoms with Gasteiger partial charge in [0.2, 0.25) is 5.91 Å². The number of carbonyl (C=O) groups is 2. The lowest BCUT2D eigenvalue weighted by molar-refractivity contribution is -0.128. The maximum absolute atomic E-state index is 13.1. The van der Waals surface area contributed by atoms with Gasteiger partial charge in [0.05, 0.1) is 0 Å². The van der Waals surface area contributed by atoms with Crippen LogP contribution in [0.4, 0.5) is 5.69 Å². The number of rotatable bonds is 4. The van der Waals surface area contributed by atoms with Crippen molar-refractivity contribution in [3.63, 3.8) is 0 Å². The largest absolute Gasteiger partial charge is 0.399 e. The zero-order chi connectivity index (χ0) is 17.1. The molecule has 3 rings (SSSR count). The smallest absolute Gasteiger partial charge is 0.255 e. The van der Waals surface area contributed by atoms with Crippen molar-refractivity contribution >= 4 is 28.3 Å². The van der Waals surface area contributed by atoms with Gasteiger partial charge < -0.3 is 16.0 Å². The molecule has 2 aromatic carbocycles. The number of piperazine rings is 1. The van der Waals surface area contributed by atoms with Gasteiger partial charge in [-0.15, -0.1) is 0 Å². The maximum Gasteiger partial charge on any atom is 0.255 e. The fourth-order valence-corrected chi connectivity index (χ4v) is 3.29. The molecule has 0 aliphatic carbocycles. The van der Waals surface area contributed by atoms with Crippen LogP contribution in [0.5, 0.6) is 0 Å². The minimum absolute atomic E-state index is 0.0486. The number of nitrogens with two attached hydrogens (primary N) is 1. The summed E-state index contributed by atoms with van der Waals surface area (Å²) in [5.74, 6) is -0.131. The molecule has 0 unspecified atom stereocenters. The molecule has 0 bridgehead atoms. The molecule has 1 aliphatic heterocycles. The van der Waals surface area contributed by atoms with E-state index in [1.165, 1.54) is 0 Å². The Kier molecular flexibility index (Phi) is 4.69. The molecule has 1 saturated heterocycles. The highest BCUT2D eigenvalue weighted by Gasteiger charge is 2.33. The fourth-order valence-electron chi connectivity index (χ4n) is 3.29. The fraction of sp³-hybridized carbons (Fsp3) is 0.368. The molecule has 126 valence electrons. The number of benzene rings is 2. The number of nitrogens with zero attached hydrogens (tertiary/aromatic N) is 1. The summed E-state index contributed by atoms with van der Waals surface area (Å²) in [5.41, 5.74) is 7.14. The number of anilines is 1. The predicted octanol–water partition coefficient (Wildman–Crippen LogP) is 2.55. The summed E-state index contributed by atoms with van der Waals surface area (Å²) in [5, 5.41) is 4.68. The molecular weight excluding hydrogens is 302 g/mol. The van der Waals surface area contributed by atoms with E-state index >= 15 is 0 Å². The molecule has 1 heterocycles. The van der Waals surface area contributed by atoms with Crippen LogP contribution in [-0.2, 0) is 4.79 Å². The number of nitrogens with one attached hydrogen (secondary N) is 1. The van der Waals surface area contributed by atoms with E-state index in [4.69, 9.17) is 5.73 Å². The zero-order valence-electron chi connectivity index (χ0n) is 13.9. The summed E-state index contributed by atoms with van der Waals surface area (Å²) in [6.07, 6.45) is 2.62. The average molecular weight is 325 g/mol. The van der Waals surface area contributed by atoms with Crippen LogP contribution >= 0.6 is 0 Å². The van der Waals surface area contributed by atoms with E-state index in [1.54, 1.807) is 11.0 Å². The molecule has 0 saturated carbocycles. The van der Waals surface area contributed by atoms with Crippen molar-refractivity contribution in [2.24, 2.45) is 0 Å². The highest BCUT2D eigenvalue weighted by atomic mass is 16.2. The van der Waals surface area contributed by atoms with Gasteiger partial charge in [0.25, 0.3) is 5.91 Å². The quantitative estimate of drug-likeness (QED) is 0.848. The monoisotopic (exact) mass is 325 g/mol. The van der Waals surface area contributed by atoms with Crippen molar-refractivity contribution in [3.05, 3.63) is 42.0 Å². The standard InChI is InChI=1S/C19H23N3O2/c1-2-3-7-17-18(23)21-10-11-22(17)19(24)16-6-4-5-13-12-14(20)8-9-15(13)16/h4-6,8-9,12,17H,2-3,7,10-11,20H2,1H3,(H,21,23)/t17-/m0/s1. The van der Waals surface area contributed by atoms with Gasteiger partial charge in [-0.05, 0) is 35.4 Å². The molecule has 0 aromatic heterocycles. The van der Waals surface area contributed by atoms with Crippen LogP contribution < -0.4 is 11.1 Å². The summed E-state index contributed by atoms with van der Waals surface area (Å²) in [4.78, 5) is 27.1. The molecule has 5 nitrogen and oxygen atoms in total. The van der Waals surface area contributed by atoms with Crippen LogP contribution in [-0.4, -0.2) is 35.8 Å². The molecule has 1 aliphatic rings. The van der Waals surface area contributed by atoms with Crippen LogP contribution in [0.25, 0.3) is 10.8 Å². The summed E-state index contributed by atoms with van der Waals surface area (Å²) in [6.45, 7) is 3.14. The van der Waals surface area contributed by atoms with Gasteiger partial charge in [-0.1, -0.05) is 38.0 Å². The first-order valence-corrected chi connectivity index (χ1v) is 8.48. The van der Waals surface area contributed by atoms with Crippen LogP contribution in [0.3, 0.4) is 0 Å². The van der Waals surface area contributed by atoms with Crippen LogP contribution in [0, 0.1) is 0 Å². The second-order valence-electron chi connectivity index (χ2n) is 6.23. The molecule has 24 heavy (non-hydrogen) atoms. The van der Waals surface area contributed by atoms with E-state index in [2.05, 4.69) is 12.2 Å². The summed E-state index contributed by atoms with van der Waals surface area (Å²) >= 11 is 0. The van der Waals surface area contributed by atoms with E-state index in [9.17, 15) is 9.59 Å². The van der Waals surface area contributed by atoms with Gasteiger partial charge in [0.15, 0.2) is 0 Å². The second kappa shape index (κ2) is 6.91. The lowest BCUT2D eigenvalue weighted by Gasteiger charge is -2.35. The lowest BCUT2D eigenvalue weighted by atomic mass is 10.00. The van der Waals surface area contributed by atoms with Crippen molar-refractivity contribution in [1.29, 1.82) is 0 Å². The normalized spacial score (nSPS) is 17.8. The van der Waals surface area contributed by atoms with Crippen molar-refractivity contribution in [2.75, 3.05) is 18.8 Å². The van der Waals surface area contributed by atoms with Crippen LogP contribution in [0.15, 0.2) is 36.4 Å². The van der Waals surface area contributed by atoms with Gasteiger partial charge in [-0.3, -0.25) is 9.59 Å². The third-order valence-electron chi connectivity index (χ3n) is 4.56. The van der Waals surface area contributed by atoms with Gasteiger partial charge in [0.1, 0.15) is 6.04 Å². The van der Waals surface area contributed by atoms with Crippen molar-refractivity contribution in [1.82, 2.24) is 10.2 Å². The zero-order valence-corrected chi connectivity index (χ0v) is 13.9. The number of carbonyl (C=O) groups excluding carboxylic acids is 2. The van der Waals surface area contributed by atoms with Crippen molar-refractivity contribution in [2.45, 2.75) is 32.2 Å². The van der Waals surface area contributed by atoms with E-state index in [-0.39, 0.29) is 17.9 Å². The van der Waals surface area contributed by atoms with Gasteiger partial charge in [0, 0.05) is 24.3 Å². The molecule has 0 spiro atoms. The first-order valence-electron chi connectivity index (χ1n) is 8.48. The van der Waals surface area contributed by atoms with E-state index in [0.717, 1.165) is 23.6 Å². The Hall–Kier alpha value is -2.56. The van der Waals surface area contributed by atoms with E-state index < -0.39 is 0 Å². The molecule has 3 N–H and O–H groups in total. The molecule has 5 heteroatoms. The third kappa shape index (κ3) is 3.07. The SMILES string of the molecule is CCCC[C@H]1C(=O)NCCN1C(=O)c1cccc2cc(N)ccc12. The van der Waals surface area contributed by atoms with Gasteiger partial charge in [-0.2, -0.15) is 0 Å². The summed E-state index contributed by atoms with van der Waals surface area (Å²) < 4.78 is 0. The highest BCUT2D eigenvalue weighted by molar-refractivity contribution is 6.08. The Morgan fingerprint density at radius 2 is 2.17 bits per heavy atom. The Bertz CT molecular complexity index is 772.